The van der Waals surface area contributed by atoms with Crippen LogP contribution in [-0.2, 0) is 4.74 Å². The summed E-state index contributed by atoms with van der Waals surface area (Å²) >= 11 is 0. The van der Waals surface area contributed by atoms with Crippen LogP contribution in [0, 0.1) is 18.8 Å². The lowest BCUT2D eigenvalue weighted by atomic mass is 10.00. The molecule has 0 bridgehead atoms. The van der Waals surface area contributed by atoms with Gasteiger partial charge in [0.2, 0.25) is 5.82 Å². The minimum Gasteiger partial charge on any atom is -0.465 e. The summed E-state index contributed by atoms with van der Waals surface area (Å²) in [6.07, 6.45) is 6.69. The van der Waals surface area contributed by atoms with Crippen LogP contribution in [-0.4, -0.2) is 23.0 Å². The van der Waals surface area contributed by atoms with Gasteiger partial charge in [0.15, 0.2) is 0 Å². The number of esters is 1. The zero-order valence-corrected chi connectivity index (χ0v) is 14.5. The summed E-state index contributed by atoms with van der Waals surface area (Å²) < 4.78 is 4.91. The maximum absolute atomic E-state index is 12.2. The summed E-state index contributed by atoms with van der Waals surface area (Å²) in [5.74, 6) is 6.22. The Morgan fingerprint density at radius 3 is 2.60 bits per heavy atom. The SMILES string of the molecule is COC(=O)c1c(C)nc(C#CC2=CCCCC2)nc1-c1ccccc1. The molecule has 3 rings (SSSR count). The molecule has 0 aliphatic heterocycles. The Balaban J connectivity index is 2.08. The normalized spacial score (nSPS) is 13.4. The van der Waals surface area contributed by atoms with Gasteiger partial charge in [-0.15, -0.1) is 0 Å². The predicted octanol–water partition coefficient (Wildman–Crippen LogP) is 4.09. The number of hydrogen-bond acceptors (Lipinski definition) is 4. The second-order valence-electron chi connectivity index (χ2n) is 5.94. The van der Waals surface area contributed by atoms with Gasteiger partial charge in [0, 0.05) is 5.56 Å². The molecule has 1 aromatic heterocycles. The topological polar surface area (TPSA) is 52.1 Å². The molecule has 0 unspecified atom stereocenters. The first-order valence-corrected chi connectivity index (χ1v) is 8.42. The van der Waals surface area contributed by atoms with Gasteiger partial charge >= 0.3 is 5.97 Å². The summed E-state index contributed by atoms with van der Waals surface area (Å²) in [5, 5.41) is 0. The van der Waals surface area contributed by atoms with Crippen molar-refractivity contribution in [3.05, 3.63) is 59.1 Å². The van der Waals surface area contributed by atoms with E-state index >= 15 is 0 Å². The minimum absolute atomic E-state index is 0.385. The fourth-order valence-corrected chi connectivity index (χ4v) is 2.87. The first kappa shape index (κ1) is 16.9. The lowest BCUT2D eigenvalue weighted by molar-refractivity contribution is 0.0600. The van der Waals surface area contributed by atoms with Crippen LogP contribution in [0.5, 0.6) is 0 Å². The van der Waals surface area contributed by atoms with Crippen molar-refractivity contribution in [2.75, 3.05) is 7.11 Å². The van der Waals surface area contributed by atoms with Gasteiger partial charge < -0.3 is 4.74 Å². The molecule has 0 spiro atoms. The molecule has 1 heterocycles. The van der Waals surface area contributed by atoms with Crippen LogP contribution in [0.2, 0.25) is 0 Å². The second-order valence-corrected chi connectivity index (χ2v) is 5.94. The molecule has 1 aliphatic rings. The fourth-order valence-electron chi connectivity index (χ4n) is 2.87. The Kier molecular flexibility index (Phi) is 5.25. The molecule has 0 atom stereocenters. The Bertz CT molecular complexity index is 874. The van der Waals surface area contributed by atoms with Crippen molar-refractivity contribution in [3.63, 3.8) is 0 Å². The zero-order chi connectivity index (χ0) is 17.6. The number of allylic oxidation sites excluding steroid dienone is 2. The summed E-state index contributed by atoms with van der Waals surface area (Å²) in [6, 6.07) is 9.56. The van der Waals surface area contributed by atoms with Crippen molar-refractivity contribution < 1.29 is 9.53 Å². The van der Waals surface area contributed by atoms with Crippen LogP contribution in [0.25, 0.3) is 11.3 Å². The van der Waals surface area contributed by atoms with Crippen molar-refractivity contribution in [2.45, 2.75) is 32.6 Å². The molecule has 0 amide bonds. The van der Waals surface area contributed by atoms with E-state index in [2.05, 4.69) is 27.9 Å². The van der Waals surface area contributed by atoms with E-state index in [4.69, 9.17) is 4.74 Å². The van der Waals surface area contributed by atoms with Crippen LogP contribution >= 0.6 is 0 Å². The van der Waals surface area contributed by atoms with Crippen LogP contribution in [0.4, 0.5) is 0 Å². The van der Waals surface area contributed by atoms with E-state index in [0.717, 1.165) is 24.0 Å². The molecule has 4 heteroatoms. The Morgan fingerprint density at radius 2 is 1.92 bits per heavy atom. The molecule has 0 saturated heterocycles. The molecule has 0 N–H and O–H groups in total. The van der Waals surface area contributed by atoms with Gasteiger partial charge in [0.25, 0.3) is 0 Å². The smallest absolute Gasteiger partial charge is 0.341 e. The number of hydrogen-bond donors (Lipinski definition) is 0. The third kappa shape index (κ3) is 3.95. The zero-order valence-electron chi connectivity index (χ0n) is 14.5. The van der Waals surface area contributed by atoms with Crippen LogP contribution in [0.15, 0.2) is 42.0 Å². The van der Waals surface area contributed by atoms with Gasteiger partial charge in [-0.1, -0.05) is 42.3 Å². The van der Waals surface area contributed by atoms with Gasteiger partial charge in [-0.25, -0.2) is 14.8 Å². The molecular weight excluding hydrogens is 312 g/mol. The Morgan fingerprint density at radius 1 is 1.12 bits per heavy atom. The van der Waals surface area contributed by atoms with Gasteiger partial charge in [-0.3, -0.25) is 0 Å². The fraction of sp³-hybridized carbons (Fsp3) is 0.286. The van der Waals surface area contributed by atoms with E-state index < -0.39 is 5.97 Å². The highest BCUT2D eigenvalue weighted by atomic mass is 16.5. The highest BCUT2D eigenvalue weighted by Crippen LogP contribution is 2.24. The molecule has 2 aromatic rings. The monoisotopic (exact) mass is 332 g/mol. The Hall–Kier alpha value is -2.93. The number of aryl methyl sites for hydroxylation is 1. The molecule has 4 nitrogen and oxygen atoms in total. The number of benzene rings is 1. The number of methoxy groups -OCH3 is 1. The van der Waals surface area contributed by atoms with E-state index in [-0.39, 0.29) is 0 Å². The van der Waals surface area contributed by atoms with Gasteiger partial charge in [0.05, 0.1) is 18.5 Å². The molecule has 126 valence electrons. The average Bonchev–Trinajstić information content (AvgIpc) is 2.67. The summed E-state index contributed by atoms with van der Waals surface area (Å²) in [4.78, 5) is 21.1. The number of ether oxygens (including phenoxy) is 1. The number of nitrogens with zero attached hydrogens (tertiary/aromatic N) is 2. The average molecular weight is 332 g/mol. The van der Waals surface area contributed by atoms with Crippen LogP contribution < -0.4 is 0 Å². The van der Waals surface area contributed by atoms with E-state index in [0.29, 0.717) is 22.8 Å². The molecule has 25 heavy (non-hydrogen) atoms. The summed E-state index contributed by atoms with van der Waals surface area (Å²) in [5.41, 5.74) is 3.50. The van der Waals surface area contributed by atoms with E-state index in [1.165, 1.54) is 20.0 Å². The maximum atomic E-state index is 12.2. The first-order valence-electron chi connectivity index (χ1n) is 8.42. The van der Waals surface area contributed by atoms with E-state index in [1.54, 1.807) is 6.92 Å². The van der Waals surface area contributed by atoms with Crippen LogP contribution in [0.3, 0.4) is 0 Å². The molecule has 1 aromatic carbocycles. The van der Waals surface area contributed by atoms with Crippen molar-refractivity contribution in [2.24, 2.45) is 0 Å². The number of carbonyl (C=O) groups is 1. The van der Waals surface area contributed by atoms with Crippen molar-refractivity contribution in [1.82, 2.24) is 9.97 Å². The first-order chi connectivity index (χ1) is 12.2. The van der Waals surface area contributed by atoms with Crippen molar-refractivity contribution in [3.8, 4) is 23.1 Å². The minimum atomic E-state index is -0.439. The standard InChI is InChI=1S/C21H20N2O2/c1-15-19(21(24)25-2)20(17-11-7-4-8-12-17)23-18(22-15)14-13-16-9-5-3-6-10-16/h4,7-9,11-12H,3,5-6,10H2,1-2H3. The lowest BCUT2D eigenvalue weighted by Crippen LogP contribution is -2.11. The largest absolute Gasteiger partial charge is 0.465 e. The summed E-state index contributed by atoms with van der Waals surface area (Å²) in [7, 11) is 1.36. The number of carbonyl (C=O) groups excluding carboxylic acids is 1. The number of rotatable bonds is 2. The number of aromatic nitrogens is 2. The lowest BCUT2D eigenvalue weighted by Gasteiger charge is -2.10. The van der Waals surface area contributed by atoms with Gasteiger partial charge in [-0.2, -0.15) is 0 Å². The highest BCUT2D eigenvalue weighted by molar-refractivity contribution is 5.97. The molecule has 0 fully saturated rings. The summed E-state index contributed by atoms with van der Waals surface area (Å²) in [6.45, 7) is 1.78. The highest BCUT2D eigenvalue weighted by Gasteiger charge is 2.20. The second kappa shape index (κ2) is 7.76. The maximum Gasteiger partial charge on any atom is 0.341 e. The van der Waals surface area contributed by atoms with E-state index in [1.807, 2.05) is 30.3 Å². The third-order valence-corrected chi connectivity index (χ3v) is 4.15. The molecule has 0 radical (unpaired) electrons. The molecular formula is C21H20N2O2. The van der Waals surface area contributed by atoms with Crippen molar-refractivity contribution in [1.29, 1.82) is 0 Å². The predicted molar refractivity (Wildman–Crippen MR) is 97.0 cm³/mol. The van der Waals surface area contributed by atoms with Crippen LogP contribution in [0.1, 0.15) is 47.6 Å². The third-order valence-electron chi connectivity index (χ3n) is 4.15. The molecule has 0 saturated carbocycles. The quantitative estimate of drug-likeness (QED) is 0.614. The Labute approximate surface area is 148 Å². The molecule has 1 aliphatic carbocycles. The van der Waals surface area contributed by atoms with Gasteiger partial charge in [0.1, 0.15) is 5.56 Å². The van der Waals surface area contributed by atoms with Gasteiger partial charge in [-0.05, 0) is 44.1 Å². The van der Waals surface area contributed by atoms with Crippen molar-refractivity contribution >= 4 is 5.97 Å². The van der Waals surface area contributed by atoms with E-state index in [9.17, 15) is 4.79 Å².